The Morgan fingerprint density at radius 2 is 1.77 bits per heavy atom. The van der Waals surface area contributed by atoms with Gasteiger partial charge in [0.1, 0.15) is 5.75 Å². The van der Waals surface area contributed by atoms with Gasteiger partial charge in [-0.15, -0.1) is 0 Å². The van der Waals surface area contributed by atoms with Crippen molar-refractivity contribution < 1.29 is 14.7 Å². The lowest BCUT2D eigenvalue weighted by molar-refractivity contribution is -0.128. The van der Waals surface area contributed by atoms with Gasteiger partial charge in [0.2, 0.25) is 5.91 Å². The van der Waals surface area contributed by atoms with E-state index in [-0.39, 0.29) is 41.0 Å². The van der Waals surface area contributed by atoms with Gasteiger partial charge in [-0.05, 0) is 24.1 Å². The van der Waals surface area contributed by atoms with Crippen LogP contribution in [0.2, 0.25) is 0 Å². The molecule has 0 saturated carbocycles. The topological polar surface area (TPSA) is 82.5 Å². The van der Waals surface area contributed by atoms with Gasteiger partial charge < -0.3 is 15.3 Å². The number of likely N-dealkylation sites (tertiary alicyclic amines) is 1. The Morgan fingerprint density at radius 1 is 1.07 bits per heavy atom. The van der Waals surface area contributed by atoms with E-state index >= 15 is 0 Å². The van der Waals surface area contributed by atoms with Crippen molar-refractivity contribution in [2.45, 2.75) is 25.8 Å². The van der Waals surface area contributed by atoms with Crippen LogP contribution in [-0.2, 0) is 4.79 Å². The Balaban J connectivity index is 1.55. The van der Waals surface area contributed by atoms with Gasteiger partial charge in [0, 0.05) is 37.2 Å². The maximum Gasteiger partial charge on any atom is 0.256 e. The number of aromatic hydroxyl groups is 1. The molecule has 1 aromatic heterocycles. The number of fused-ring (bicyclic) bond motifs is 4. The zero-order valence-electron chi connectivity index (χ0n) is 16.9. The number of aryl methyl sites for hydroxylation is 1. The van der Waals surface area contributed by atoms with E-state index in [2.05, 4.69) is 16.4 Å². The molecule has 2 aromatic carbocycles. The van der Waals surface area contributed by atoms with Crippen molar-refractivity contribution in [1.82, 2.24) is 15.2 Å². The molecule has 0 spiro atoms. The van der Waals surface area contributed by atoms with Gasteiger partial charge in [-0.2, -0.15) is 0 Å². The van der Waals surface area contributed by atoms with E-state index in [9.17, 15) is 14.7 Å². The number of hydrogen-bond donors (Lipinski definition) is 2. The summed E-state index contributed by atoms with van der Waals surface area (Å²) in [7, 11) is 0. The molecule has 3 atom stereocenters. The summed E-state index contributed by atoms with van der Waals surface area (Å²) in [6.45, 7) is 4.57. The molecule has 2 N–H and O–H groups in total. The van der Waals surface area contributed by atoms with Gasteiger partial charge in [0.15, 0.2) is 0 Å². The first-order valence-electron chi connectivity index (χ1n) is 10.2. The molecule has 0 radical (unpaired) electrons. The SMILES string of the molecule is CC(=O)N1C[C@@H]2[C@H](NC(=O)c3c(O)c(C)nc4ccccc34)c3ccccc3[C@@H]2C1. The molecule has 1 aliphatic heterocycles. The summed E-state index contributed by atoms with van der Waals surface area (Å²) in [4.78, 5) is 31.6. The Labute approximate surface area is 174 Å². The number of carbonyl (C=O) groups excluding carboxylic acids is 2. The molecule has 0 bridgehead atoms. The average molecular weight is 401 g/mol. The minimum atomic E-state index is -0.323. The third kappa shape index (κ3) is 2.75. The van der Waals surface area contributed by atoms with Gasteiger partial charge in [0.25, 0.3) is 5.91 Å². The molecule has 1 fully saturated rings. The second-order valence-electron chi connectivity index (χ2n) is 8.21. The van der Waals surface area contributed by atoms with Crippen LogP contribution in [-0.4, -0.2) is 39.9 Å². The fourth-order valence-electron chi connectivity index (χ4n) is 5.07. The highest BCUT2D eigenvalue weighted by atomic mass is 16.3. The van der Waals surface area contributed by atoms with Crippen molar-refractivity contribution in [1.29, 1.82) is 0 Å². The second-order valence-corrected chi connectivity index (χ2v) is 8.21. The van der Waals surface area contributed by atoms with Crippen molar-refractivity contribution in [2.24, 2.45) is 5.92 Å². The Morgan fingerprint density at radius 3 is 2.53 bits per heavy atom. The number of nitrogens with zero attached hydrogens (tertiary/aromatic N) is 2. The van der Waals surface area contributed by atoms with Crippen molar-refractivity contribution >= 4 is 22.7 Å². The molecule has 6 heteroatoms. The molecule has 2 heterocycles. The number of aromatic nitrogens is 1. The first-order chi connectivity index (χ1) is 14.5. The molecule has 2 aliphatic rings. The van der Waals surface area contributed by atoms with Gasteiger partial charge in [0.05, 0.1) is 22.8 Å². The van der Waals surface area contributed by atoms with Gasteiger partial charge in [-0.25, -0.2) is 4.98 Å². The van der Waals surface area contributed by atoms with Crippen LogP contribution in [0.15, 0.2) is 48.5 Å². The third-order valence-electron chi connectivity index (χ3n) is 6.52. The minimum Gasteiger partial charge on any atom is -0.505 e. The quantitative estimate of drug-likeness (QED) is 0.690. The summed E-state index contributed by atoms with van der Waals surface area (Å²) in [5, 5.41) is 14.5. The molecule has 6 nitrogen and oxygen atoms in total. The summed E-state index contributed by atoms with van der Waals surface area (Å²) < 4.78 is 0. The Kier molecular flexibility index (Phi) is 4.24. The predicted octanol–water partition coefficient (Wildman–Crippen LogP) is 3.30. The van der Waals surface area contributed by atoms with Crippen molar-refractivity contribution in [2.75, 3.05) is 13.1 Å². The van der Waals surface area contributed by atoms with Gasteiger partial charge in [-0.3, -0.25) is 9.59 Å². The summed E-state index contributed by atoms with van der Waals surface area (Å²) >= 11 is 0. The van der Waals surface area contributed by atoms with E-state index in [0.717, 1.165) is 5.56 Å². The maximum atomic E-state index is 13.4. The van der Waals surface area contributed by atoms with Crippen LogP contribution < -0.4 is 5.32 Å². The van der Waals surface area contributed by atoms with Crippen LogP contribution >= 0.6 is 0 Å². The van der Waals surface area contributed by atoms with Gasteiger partial charge in [-0.1, -0.05) is 42.5 Å². The molecular weight excluding hydrogens is 378 g/mol. The first kappa shape index (κ1) is 18.6. The normalized spacial score (nSPS) is 22.1. The van der Waals surface area contributed by atoms with E-state index in [4.69, 9.17) is 0 Å². The molecule has 0 unspecified atom stereocenters. The predicted molar refractivity (Wildman–Crippen MR) is 113 cm³/mol. The molecule has 1 aliphatic carbocycles. The van der Waals surface area contributed by atoms with Crippen LogP contribution in [0.5, 0.6) is 5.75 Å². The molecule has 5 rings (SSSR count). The molecule has 152 valence electrons. The second kappa shape index (κ2) is 6.83. The number of hydrogen-bond acceptors (Lipinski definition) is 4. The lowest BCUT2D eigenvalue weighted by atomic mass is 9.94. The van der Waals surface area contributed by atoms with E-state index < -0.39 is 0 Å². The Hall–Kier alpha value is -3.41. The summed E-state index contributed by atoms with van der Waals surface area (Å²) in [5.74, 6) is -0.0337. The number of pyridine rings is 1. The van der Waals surface area contributed by atoms with E-state index in [0.29, 0.717) is 29.7 Å². The van der Waals surface area contributed by atoms with E-state index in [1.54, 1.807) is 19.9 Å². The lowest BCUT2D eigenvalue weighted by Crippen LogP contribution is -2.34. The smallest absolute Gasteiger partial charge is 0.256 e. The number of amides is 2. The maximum absolute atomic E-state index is 13.4. The van der Waals surface area contributed by atoms with Crippen molar-refractivity contribution in [3.63, 3.8) is 0 Å². The van der Waals surface area contributed by atoms with Gasteiger partial charge >= 0.3 is 0 Å². The fourth-order valence-corrected chi connectivity index (χ4v) is 5.07. The first-order valence-corrected chi connectivity index (χ1v) is 10.2. The van der Waals surface area contributed by atoms with Crippen LogP contribution in [0.25, 0.3) is 10.9 Å². The van der Waals surface area contributed by atoms with E-state index in [1.807, 2.05) is 41.3 Å². The molecule has 3 aromatic rings. The molecule has 2 amide bonds. The standard InChI is InChI=1S/C24H23N3O3/c1-13-23(29)21(17-9-5-6-10-20(17)25-13)24(30)26-22-16-8-4-3-7-15(16)18-11-27(14(2)28)12-19(18)22/h3-10,18-19,22,29H,11-12H2,1-2H3,(H,26,30)/t18-,19-,22+/m0/s1. The molecule has 1 saturated heterocycles. The number of para-hydroxylation sites is 1. The highest BCUT2D eigenvalue weighted by molar-refractivity contribution is 6.09. The van der Waals surface area contributed by atoms with E-state index in [1.165, 1.54) is 5.56 Å². The average Bonchev–Trinajstić information content (AvgIpc) is 3.28. The third-order valence-corrected chi connectivity index (χ3v) is 6.52. The fraction of sp³-hybridized carbons (Fsp3) is 0.292. The number of benzene rings is 2. The highest BCUT2D eigenvalue weighted by Gasteiger charge is 2.47. The Bertz CT molecular complexity index is 1190. The molecular formula is C24H23N3O3. The van der Waals surface area contributed by atoms with Crippen LogP contribution in [0, 0.1) is 12.8 Å². The zero-order chi connectivity index (χ0) is 21.0. The highest BCUT2D eigenvalue weighted by Crippen LogP contribution is 2.49. The van der Waals surface area contributed by atoms with Crippen LogP contribution in [0.1, 0.15) is 46.1 Å². The number of carbonyl (C=O) groups is 2. The molecule has 30 heavy (non-hydrogen) atoms. The van der Waals surface area contributed by atoms with Crippen molar-refractivity contribution in [3.05, 3.63) is 70.9 Å². The monoisotopic (exact) mass is 401 g/mol. The van der Waals surface area contributed by atoms with Crippen molar-refractivity contribution in [3.8, 4) is 5.75 Å². The lowest BCUT2D eigenvalue weighted by Gasteiger charge is -2.23. The summed E-state index contributed by atoms with van der Waals surface area (Å²) in [6, 6.07) is 15.2. The summed E-state index contributed by atoms with van der Waals surface area (Å²) in [5.41, 5.74) is 3.63. The number of nitrogens with one attached hydrogen (secondary N) is 1. The largest absolute Gasteiger partial charge is 0.505 e. The zero-order valence-corrected chi connectivity index (χ0v) is 16.9. The summed E-state index contributed by atoms with van der Waals surface area (Å²) in [6.07, 6.45) is 0. The van der Waals surface area contributed by atoms with Crippen LogP contribution in [0.4, 0.5) is 0 Å². The number of rotatable bonds is 2. The van der Waals surface area contributed by atoms with Crippen LogP contribution in [0.3, 0.4) is 0 Å². The minimum absolute atomic E-state index is 0.0559.